The summed E-state index contributed by atoms with van der Waals surface area (Å²) >= 11 is 0. The van der Waals surface area contributed by atoms with Crippen molar-refractivity contribution in [2.75, 3.05) is 0 Å². The second-order valence-corrected chi connectivity index (χ2v) is 2.69. The molecule has 0 rings (SSSR count). The molecule has 0 spiro atoms. The Bertz CT molecular complexity index is 221. The molecule has 0 bridgehead atoms. The molecule has 0 saturated carbocycles. The van der Waals surface area contributed by atoms with Gasteiger partial charge in [0, 0.05) is 5.57 Å². The number of terminal acetylenes is 1. The second-order valence-electron chi connectivity index (χ2n) is 2.69. The van der Waals surface area contributed by atoms with E-state index in [2.05, 4.69) is 26.3 Å². The Labute approximate surface area is 96.8 Å². The van der Waals surface area contributed by atoms with Crippen LogP contribution in [0.4, 0.5) is 0 Å². The van der Waals surface area contributed by atoms with Gasteiger partial charge >= 0.3 is 0 Å². The first-order valence-corrected chi connectivity index (χ1v) is 5.59. The van der Waals surface area contributed by atoms with Crippen molar-refractivity contribution < 1.29 is 0 Å². The molecule has 0 aromatic rings. The van der Waals surface area contributed by atoms with Crippen LogP contribution in [0.15, 0.2) is 36.0 Å². The zero-order valence-electron chi connectivity index (χ0n) is 11.2. The highest BCUT2D eigenvalue weighted by Gasteiger charge is 1.83. The fourth-order valence-corrected chi connectivity index (χ4v) is 0.488. The molecule has 0 atom stereocenters. The number of hydrogen-bond acceptors (Lipinski definition) is 0. The van der Waals surface area contributed by atoms with Crippen molar-refractivity contribution in [3.05, 3.63) is 36.0 Å². The van der Waals surface area contributed by atoms with Gasteiger partial charge in [0.15, 0.2) is 0 Å². The van der Waals surface area contributed by atoms with Crippen LogP contribution >= 0.6 is 0 Å². The van der Waals surface area contributed by atoms with Crippen LogP contribution in [0, 0.1) is 12.3 Å². The first-order chi connectivity index (χ1) is 7.15. The molecule has 0 N–H and O–H groups in total. The Morgan fingerprint density at radius 3 is 1.93 bits per heavy atom. The second kappa shape index (κ2) is 18.5. The summed E-state index contributed by atoms with van der Waals surface area (Å²) < 4.78 is 0. The zero-order chi connectivity index (χ0) is 12.7. The summed E-state index contributed by atoms with van der Waals surface area (Å²) in [4.78, 5) is 0. The van der Waals surface area contributed by atoms with Crippen LogP contribution in [-0.4, -0.2) is 0 Å². The Kier molecular flexibility index (Phi) is 23.9. The largest absolute Gasteiger partial charge is 0.115 e. The third-order valence-electron chi connectivity index (χ3n) is 1.23. The van der Waals surface area contributed by atoms with Crippen LogP contribution in [0.1, 0.15) is 48.0 Å². The van der Waals surface area contributed by atoms with Crippen molar-refractivity contribution in [1.82, 2.24) is 0 Å². The van der Waals surface area contributed by atoms with Gasteiger partial charge in [-0.25, -0.2) is 0 Å². The monoisotopic (exact) mass is 206 g/mol. The summed E-state index contributed by atoms with van der Waals surface area (Å²) in [7, 11) is 0. The van der Waals surface area contributed by atoms with Gasteiger partial charge < -0.3 is 0 Å². The topological polar surface area (TPSA) is 0 Å². The Morgan fingerprint density at radius 1 is 1.33 bits per heavy atom. The van der Waals surface area contributed by atoms with Crippen molar-refractivity contribution in [3.8, 4) is 12.3 Å². The molecule has 0 radical (unpaired) electrons. The smallest absolute Gasteiger partial charge is 0.0239 e. The molecule has 0 aliphatic carbocycles. The summed E-state index contributed by atoms with van der Waals surface area (Å²) in [5.41, 5.74) is 1.99. The van der Waals surface area contributed by atoms with E-state index >= 15 is 0 Å². The third-order valence-corrected chi connectivity index (χ3v) is 1.23. The first kappa shape index (κ1) is 19.4. The summed E-state index contributed by atoms with van der Waals surface area (Å²) in [6, 6.07) is 0. The van der Waals surface area contributed by atoms with Crippen molar-refractivity contribution in [2.45, 2.75) is 48.0 Å². The molecule has 0 saturated heterocycles. The number of hydrogen-bond donors (Lipinski definition) is 0. The molecule has 0 aromatic heterocycles. The SMILES string of the molecule is C#C/C(C=C)=C\C(C)=C/C.CC.CCC. The van der Waals surface area contributed by atoms with E-state index in [9.17, 15) is 0 Å². The van der Waals surface area contributed by atoms with E-state index in [1.54, 1.807) is 6.08 Å². The van der Waals surface area contributed by atoms with Crippen molar-refractivity contribution in [2.24, 2.45) is 0 Å². The molecule has 0 fully saturated rings. The predicted octanol–water partition coefficient (Wildman–Crippen LogP) is 5.14. The number of allylic oxidation sites excluding steroid dienone is 5. The van der Waals surface area contributed by atoms with E-state index in [4.69, 9.17) is 6.42 Å². The van der Waals surface area contributed by atoms with E-state index in [0.29, 0.717) is 0 Å². The minimum absolute atomic E-state index is 0.829. The zero-order valence-corrected chi connectivity index (χ0v) is 11.2. The normalized spacial score (nSPS) is 9.93. The van der Waals surface area contributed by atoms with Crippen LogP contribution in [-0.2, 0) is 0 Å². The highest BCUT2D eigenvalue weighted by Crippen LogP contribution is 2.00. The van der Waals surface area contributed by atoms with E-state index in [1.165, 1.54) is 6.42 Å². The predicted molar refractivity (Wildman–Crippen MR) is 73.9 cm³/mol. The molecule has 0 heterocycles. The molecular weight excluding hydrogens is 180 g/mol. The lowest BCUT2D eigenvalue weighted by molar-refractivity contribution is 1.09. The summed E-state index contributed by atoms with van der Waals surface area (Å²) in [5.74, 6) is 2.52. The first-order valence-electron chi connectivity index (χ1n) is 5.59. The van der Waals surface area contributed by atoms with Gasteiger partial charge in [0.05, 0.1) is 0 Å². The maximum atomic E-state index is 5.17. The summed E-state index contributed by atoms with van der Waals surface area (Å²) in [5, 5.41) is 0. The fraction of sp³-hybridized carbons (Fsp3) is 0.467. The van der Waals surface area contributed by atoms with Gasteiger partial charge in [0.25, 0.3) is 0 Å². The van der Waals surface area contributed by atoms with Gasteiger partial charge in [-0.1, -0.05) is 64.3 Å². The summed E-state index contributed by atoms with van der Waals surface area (Å²) in [6.07, 6.45) is 12.0. The average Bonchev–Trinajstić information content (AvgIpc) is 2.29. The van der Waals surface area contributed by atoms with E-state index in [0.717, 1.165) is 11.1 Å². The van der Waals surface area contributed by atoms with Gasteiger partial charge in [0.2, 0.25) is 0 Å². The van der Waals surface area contributed by atoms with Gasteiger partial charge in [-0.15, -0.1) is 6.42 Å². The van der Waals surface area contributed by atoms with Crippen molar-refractivity contribution in [3.63, 3.8) is 0 Å². The lowest BCUT2D eigenvalue weighted by atomic mass is 10.2. The quantitative estimate of drug-likeness (QED) is 0.433. The fourth-order valence-electron chi connectivity index (χ4n) is 0.488. The Hall–Kier alpha value is -1.22. The van der Waals surface area contributed by atoms with Crippen LogP contribution < -0.4 is 0 Å². The number of rotatable bonds is 2. The molecule has 0 unspecified atom stereocenters. The lowest BCUT2D eigenvalue weighted by Gasteiger charge is -1.89. The molecule has 0 amide bonds. The van der Waals surface area contributed by atoms with Gasteiger partial charge in [-0.3, -0.25) is 0 Å². The molecule has 0 nitrogen and oxygen atoms in total. The minimum Gasteiger partial charge on any atom is -0.115 e. The highest BCUT2D eigenvalue weighted by atomic mass is 13.9. The van der Waals surface area contributed by atoms with Crippen molar-refractivity contribution >= 4 is 0 Å². The van der Waals surface area contributed by atoms with Gasteiger partial charge in [-0.05, 0) is 19.9 Å². The lowest BCUT2D eigenvalue weighted by Crippen LogP contribution is -1.72. The van der Waals surface area contributed by atoms with E-state index < -0.39 is 0 Å². The third kappa shape index (κ3) is 19.3. The molecule has 86 valence electrons. The minimum atomic E-state index is 0.829. The van der Waals surface area contributed by atoms with E-state index in [1.807, 2.05) is 39.8 Å². The van der Waals surface area contributed by atoms with Gasteiger partial charge in [0.1, 0.15) is 0 Å². The van der Waals surface area contributed by atoms with Crippen LogP contribution in [0.25, 0.3) is 0 Å². The molecular formula is C15H26. The van der Waals surface area contributed by atoms with Crippen LogP contribution in [0.2, 0.25) is 0 Å². The summed E-state index contributed by atoms with van der Waals surface area (Å²) in [6.45, 7) is 15.8. The molecule has 0 heteroatoms. The molecule has 0 aliphatic heterocycles. The standard InChI is InChI=1S/C10H12.C3H8.C2H6/c1-5-9(4)8-10(6-2)7-3;1-3-2;1-2/h2,5,7-8H,3H2,1,4H3;3H2,1-2H3;1-2H3/b9-5-,10-8+;;. The molecule has 0 aliphatic rings. The Morgan fingerprint density at radius 2 is 1.73 bits per heavy atom. The van der Waals surface area contributed by atoms with Crippen LogP contribution in [0.5, 0.6) is 0 Å². The maximum Gasteiger partial charge on any atom is 0.0239 e. The average molecular weight is 206 g/mol. The van der Waals surface area contributed by atoms with Gasteiger partial charge in [-0.2, -0.15) is 0 Å². The molecule has 15 heavy (non-hydrogen) atoms. The molecule has 0 aromatic carbocycles. The Balaban J connectivity index is -0.000000245. The van der Waals surface area contributed by atoms with Crippen molar-refractivity contribution in [1.29, 1.82) is 0 Å². The highest BCUT2D eigenvalue weighted by molar-refractivity contribution is 5.40. The van der Waals surface area contributed by atoms with E-state index in [-0.39, 0.29) is 0 Å². The maximum absolute atomic E-state index is 5.17. The van der Waals surface area contributed by atoms with Crippen LogP contribution in [0.3, 0.4) is 0 Å².